The Morgan fingerprint density at radius 3 is 2.52 bits per heavy atom. The molecular formula is C19H22N2O2. The fourth-order valence-electron chi connectivity index (χ4n) is 4.29. The van der Waals surface area contributed by atoms with E-state index in [4.69, 9.17) is 4.42 Å². The second-order valence-corrected chi connectivity index (χ2v) is 6.74. The zero-order chi connectivity index (χ0) is 15.9. The van der Waals surface area contributed by atoms with Crippen LogP contribution in [0.25, 0.3) is 0 Å². The lowest BCUT2D eigenvalue weighted by atomic mass is 9.62. The Kier molecular flexibility index (Phi) is 3.49. The topological polar surface area (TPSA) is 36.7 Å². The average molecular weight is 310 g/mol. The van der Waals surface area contributed by atoms with E-state index in [-0.39, 0.29) is 11.5 Å². The van der Waals surface area contributed by atoms with E-state index in [0.29, 0.717) is 5.91 Å². The monoisotopic (exact) mass is 310 g/mol. The van der Waals surface area contributed by atoms with Crippen LogP contribution in [-0.4, -0.2) is 35.8 Å². The third-order valence-electron chi connectivity index (χ3n) is 5.48. The van der Waals surface area contributed by atoms with E-state index in [0.717, 1.165) is 38.2 Å². The molecule has 23 heavy (non-hydrogen) atoms. The van der Waals surface area contributed by atoms with Gasteiger partial charge in [0.25, 0.3) is 0 Å². The second kappa shape index (κ2) is 5.53. The Labute approximate surface area is 136 Å². The Morgan fingerprint density at radius 2 is 1.87 bits per heavy atom. The Morgan fingerprint density at radius 1 is 1.13 bits per heavy atom. The van der Waals surface area contributed by atoms with Gasteiger partial charge in [0.05, 0.1) is 24.3 Å². The number of likely N-dealkylation sites (tertiary alicyclic amines) is 2. The maximum Gasteiger partial charge on any atom is 0.231 e. The molecule has 0 N–H and O–H groups in total. The third-order valence-corrected chi connectivity index (χ3v) is 5.48. The van der Waals surface area contributed by atoms with Gasteiger partial charge in [-0.25, -0.2) is 0 Å². The SMILES string of the molecule is CN1C(=O)C2(CCN(Cc3ccco3)CC2)[C@@H]1c1ccccc1. The van der Waals surface area contributed by atoms with Crippen LogP contribution in [0.1, 0.15) is 30.2 Å². The minimum Gasteiger partial charge on any atom is -0.468 e. The van der Waals surface area contributed by atoms with E-state index in [9.17, 15) is 4.79 Å². The van der Waals surface area contributed by atoms with Crippen molar-refractivity contribution in [3.63, 3.8) is 0 Å². The lowest BCUT2D eigenvalue weighted by Gasteiger charge is -2.58. The molecule has 4 heteroatoms. The fraction of sp³-hybridized carbons (Fsp3) is 0.421. The number of hydrogen-bond donors (Lipinski definition) is 0. The lowest BCUT2D eigenvalue weighted by Crippen LogP contribution is -2.64. The summed E-state index contributed by atoms with van der Waals surface area (Å²) in [6.45, 7) is 2.73. The summed E-state index contributed by atoms with van der Waals surface area (Å²) < 4.78 is 5.44. The first-order chi connectivity index (χ1) is 11.2. The third kappa shape index (κ3) is 2.29. The molecule has 0 unspecified atom stereocenters. The minimum atomic E-state index is -0.199. The zero-order valence-electron chi connectivity index (χ0n) is 13.4. The molecule has 2 aromatic rings. The normalized spacial score (nSPS) is 24.0. The zero-order valence-corrected chi connectivity index (χ0v) is 13.4. The molecule has 1 aromatic heterocycles. The molecule has 1 amide bonds. The fourth-order valence-corrected chi connectivity index (χ4v) is 4.29. The molecule has 2 saturated heterocycles. The number of amides is 1. The van der Waals surface area contributed by atoms with E-state index in [1.54, 1.807) is 6.26 Å². The number of carbonyl (C=O) groups is 1. The average Bonchev–Trinajstić information content (AvgIpc) is 3.10. The molecule has 2 aliphatic heterocycles. The summed E-state index contributed by atoms with van der Waals surface area (Å²) in [5.41, 5.74) is 1.06. The lowest BCUT2D eigenvalue weighted by molar-refractivity contribution is -0.177. The molecule has 4 rings (SSSR count). The van der Waals surface area contributed by atoms with Gasteiger partial charge in [0.2, 0.25) is 5.91 Å². The molecule has 2 fully saturated rings. The Hall–Kier alpha value is -2.07. The molecular weight excluding hydrogens is 288 g/mol. The number of carbonyl (C=O) groups excluding carboxylic acids is 1. The van der Waals surface area contributed by atoms with Gasteiger partial charge >= 0.3 is 0 Å². The van der Waals surface area contributed by atoms with Crippen LogP contribution >= 0.6 is 0 Å². The van der Waals surface area contributed by atoms with E-state index < -0.39 is 0 Å². The van der Waals surface area contributed by atoms with E-state index >= 15 is 0 Å². The maximum absolute atomic E-state index is 12.6. The molecule has 4 nitrogen and oxygen atoms in total. The van der Waals surface area contributed by atoms with Crippen LogP contribution in [0.3, 0.4) is 0 Å². The van der Waals surface area contributed by atoms with Crippen LogP contribution in [0, 0.1) is 5.41 Å². The van der Waals surface area contributed by atoms with E-state index in [1.807, 2.05) is 30.1 Å². The summed E-state index contributed by atoms with van der Waals surface area (Å²) in [5, 5.41) is 0. The van der Waals surface area contributed by atoms with Gasteiger partial charge < -0.3 is 9.32 Å². The predicted octanol–water partition coefficient (Wildman–Crippen LogP) is 3.08. The highest BCUT2D eigenvalue weighted by Gasteiger charge is 2.59. The summed E-state index contributed by atoms with van der Waals surface area (Å²) in [6.07, 6.45) is 3.57. The summed E-state index contributed by atoms with van der Waals surface area (Å²) >= 11 is 0. The van der Waals surface area contributed by atoms with Crippen LogP contribution in [-0.2, 0) is 11.3 Å². The van der Waals surface area contributed by atoms with Crippen LogP contribution in [0.2, 0.25) is 0 Å². The van der Waals surface area contributed by atoms with Crippen molar-refractivity contribution >= 4 is 5.91 Å². The van der Waals surface area contributed by atoms with Gasteiger partial charge in [-0.2, -0.15) is 0 Å². The van der Waals surface area contributed by atoms with Crippen molar-refractivity contribution < 1.29 is 9.21 Å². The summed E-state index contributed by atoms with van der Waals surface area (Å²) in [5.74, 6) is 1.31. The van der Waals surface area contributed by atoms with Gasteiger partial charge in [-0.15, -0.1) is 0 Å². The summed E-state index contributed by atoms with van der Waals surface area (Å²) in [4.78, 5) is 16.9. The molecule has 0 saturated carbocycles. The van der Waals surface area contributed by atoms with Gasteiger partial charge in [0.15, 0.2) is 0 Å². The van der Waals surface area contributed by atoms with Crippen molar-refractivity contribution in [1.29, 1.82) is 0 Å². The first-order valence-electron chi connectivity index (χ1n) is 8.28. The van der Waals surface area contributed by atoms with Crippen LogP contribution in [0.5, 0.6) is 0 Å². The maximum atomic E-state index is 12.6. The highest BCUT2D eigenvalue weighted by molar-refractivity contribution is 5.90. The van der Waals surface area contributed by atoms with Crippen molar-refractivity contribution in [3.8, 4) is 0 Å². The number of piperidine rings is 1. The smallest absolute Gasteiger partial charge is 0.231 e. The quantitative estimate of drug-likeness (QED) is 0.818. The molecule has 0 bridgehead atoms. The highest BCUT2D eigenvalue weighted by atomic mass is 16.3. The molecule has 1 spiro atoms. The summed E-state index contributed by atoms with van der Waals surface area (Å²) in [7, 11) is 1.93. The van der Waals surface area contributed by atoms with Crippen molar-refractivity contribution in [2.75, 3.05) is 20.1 Å². The largest absolute Gasteiger partial charge is 0.468 e. The van der Waals surface area contributed by atoms with Crippen molar-refractivity contribution in [3.05, 3.63) is 60.1 Å². The Bertz CT molecular complexity index is 673. The minimum absolute atomic E-state index is 0.199. The van der Waals surface area contributed by atoms with Crippen molar-refractivity contribution in [1.82, 2.24) is 9.80 Å². The molecule has 0 radical (unpaired) electrons. The number of nitrogens with zero attached hydrogens (tertiary/aromatic N) is 2. The standard InChI is InChI=1S/C19H22N2O2/c1-20-17(15-6-3-2-4-7-15)19(18(20)22)9-11-21(12-10-19)14-16-8-5-13-23-16/h2-8,13,17H,9-12,14H2,1H3/t17-/m0/s1. The highest BCUT2D eigenvalue weighted by Crippen LogP contribution is 2.55. The van der Waals surface area contributed by atoms with Gasteiger partial charge in [0, 0.05) is 7.05 Å². The molecule has 1 aromatic carbocycles. The van der Waals surface area contributed by atoms with Crippen molar-refractivity contribution in [2.45, 2.75) is 25.4 Å². The van der Waals surface area contributed by atoms with E-state index in [1.165, 1.54) is 5.56 Å². The van der Waals surface area contributed by atoms with Crippen LogP contribution < -0.4 is 0 Å². The van der Waals surface area contributed by atoms with Gasteiger partial charge in [0.1, 0.15) is 5.76 Å². The second-order valence-electron chi connectivity index (χ2n) is 6.74. The van der Waals surface area contributed by atoms with Crippen molar-refractivity contribution in [2.24, 2.45) is 5.41 Å². The number of furan rings is 1. The number of hydrogen-bond acceptors (Lipinski definition) is 3. The molecule has 2 aliphatic rings. The number of rotatable bonds is 3. The Balaban J connectivity index is 1.49. The molecule has 0 aliphatic carbocycles. The first kappa shape index (κ1) is 14.5. The van der Waals surface area contributed by atoms with Gasteiger partial charge in [-0.1, -0.05) is 30.3 Å². The number of β-lactam (4-membered cyclic amide) rings is 1. The summed E-state index contributed by atoms with van der Waals surface area (Å²) in [6, 6.07) is 14.6. The van der Waals surface area contributed by atoms with E-state index in [2.05, 4.69) is 29.2 Å². The van der Waals surface area contributed by atoms with Crippen LogP contribution in [0.4, 0.5) is 0 Å². The molecule has 120 valence electrons. The van der Waals surface area contributed by atoms with Gasteiger partial charge in [-0.3, -0.25) is 9.69 Å². The predicted molar refractivity (Wildman–Crippen MR) is 87.6 cm³/mol. The molecule has 3 heterocycles. The number of benzene rings is 1. The van der Waals surface area contributed by atoms with Gasteiger partial charge in [-0.05, 0) is 43.6 Å². The van der Waals surface area contributed by atoms with Crippen LogP contribution in [0.15, 0.2) is 53.1 Å². The molecule has 1 atom stereocenters. The first-order valence-corrected chi connectivity index (χ1v) is 8.28.